The van der Waals surface area contributed by atoms with Crippen molar-refractivity contribution < 1.29 is 14.3 Å². The molecule has 2 aliphatic rings. The van der Waals surface area contributed by atoms with Crippen LogP contribution in [0.3, 0.4) is 0 Å². The Bertz CT molecular complexity index is 773. The van der Waals surface area contributed by atoms with Crippen molar-refractivity contribution in [2.24, 2.45) is 11.3 Å². The van der Waals surface area contributed by atoms with Crippen LogP contribution in [0.2, 0.25) is 0 Å². The third-order valence-electron chi connectivity index (χ3n) is 5.72. The minimum absolute atomic E-state index is 0.239. The molecule has 0 unspecified atom stereocenters. The van der Waals surface area contributed by atoms with Crippen LogP contribution in [0.25, 0.3) is 0 Å². The van der Waals surface area contributed by atoms with Gasteiger partial charge in [-0.1, -0.05) is 18.6 Å². The van der Waals surface area contributed by atoms with Gasteiger partial charge in [-0.05, 0) is 36.5 Å². The summed E-state index contributed by atoms with van der Waals surface area (Å²) in [5, 5.41) is 14.1. The number of nitrogens with zero attached hydrogens (tertiary/aromatic N) is 3. The summed E-state index contributed by atoms with van der Waals surface area (Å²) >= 11 is 0. The summed E-state index contributed by atoms with van der Waals surface area (Å²) in [6.07, 6.45) is 6.68. The Kier molecular flexibility index (Phi) is 4.07. The Hall–Kier alpha value is -2.21. The Morgan fingerprint density at radius 1 is 1.28 bits per heavy atom. The molecule has 1 saturated carbocycles. The van der Waals surface area contributed by atoms with Gasteiger partial charge in [-0.25, -0.2) is 4.39 Å². The number of hydrogen-bond donors (Lipinski definition) is 1. The summed E-state index contributed by atoms with van der Waals surface area (Å²) in [5.41, 5.74) is 1.55. The van der Waals surface area contributed by atoms with Gasteiger partial charge >= 0.3 is 5.97 Å². The molecule has 6 heteroatoms. The van der Waals surface area contributed by atoms with Crippen molar-refractivity contribution >= 4 is 5.97 Å². The first-order valence-electron chi connectivity index (χ1n) is 8.77. The predicted octanol–water partition coefficient (Wildman–Crippen LogP) is 2.76. The second-order valence-electron chi connectivity index (χ2n) is 7.39. The normalized spacial score (nSPS) is 26.0. The van der Waals surface area contributed by atoms with Gasteiger partial charge in [0, 0.05) is 31.4 Å². The third kappa shape index (κ3) is 3.06. The van der Waals surface area contributed by atoms with E-state index in [2.05, 4.69) is 10.00 Å². The fraction of sp³-hybridized carbons (Fsp3) is 0.474. The van der Waals surface area contributed by atoms with Gasteiger partial charge in [0.15, 0.2) is 0 Å². The lowest BCUT2D eigenvalue weighted by Gasteiger charge is -2.23. The Morgan fingerprint density at radius 2 is 2.08 bits per heavy atom. The smallest absolute Gasteiger partial charge is 0.311 e. The first kappa shape index (κ1) is 16.3. The van der Waals surface area contributed by atoms with Crippen molar-refractivity contribution in [1.82, 2.24) is 14.7 Å². The highest BCUT2D eigenvalue weighted by molar-refractivity contribution is 5.76. The molecule has 132 valence electrons. The monoisotopic (exact) mass is 343 g/mol. The SMILES string of the molecule is O=C(O)[C@@]12CCC[C@H]1CN(Cc1cnn(Cc3ccc(F)cc3)c1)C2. The Labute approximate surface area is 146 Å². The second-order valence-corrected chi connectivity index (χ2v) is 7.39. The van der Waals surface area contributed by atoms with E-state index in [-0.39, 0.29) is 11.7 Å². The fourth-order valence-corrected chi connectivity index (χ4v) is 4.47. The molecule has 1 aliphatic carbocycles. The number of carbonyl (C=O) groups is 1. The summed E-state index contributed by atoms with van der Waals surface area (Å²) in [6.45, 7) is 2.82. The lowest BCUT2D eigenvalue weighted by atomic mass is 9.81. The molecule has 0 radical (unpaired) electrons. The summed E-state index contributed by atoms with van der Waals surface area (Å²) in [6, 6.07) is 6.42. The highest BCUT2D eigenvalue weighted by atomic mass is 19.1. The summed E-state index contributed by atoms with van der Waals surface area (Å²) in [5.74, 6) is -0.597. The van der Waals surface area contributed by atoms with Gasteiger partial charge in [-0.15, -0.1) is 0 Å². The standard InChI is InChI=1S/C19H22FN3O2/c20-17-5-3-14(4-6-17)10-23-11-15(8-21-23)9-22-12-16-2-1-7-19(16,13-22)18(24)25/h3-6,8,11,16H,1-2,7,9-10,12-13H2,(H,24,25)/t16-,19+/m0/s1. The van der Waals surface area contributed by atoms with Crippen molar-refractivity contribution in [3.05, 3.63) is 53.6 Å². The number of carboxylic acids is 1. The molecule has 1 aliphatic heterocycles. The van der Waals surface area contributed by atoms with E-state index in [0.29, 0.717) is 13.1 Å². The van der Waals surface area contributed by atoms with Gasteiger partial charge < -0.3 is 5.11 Å². The molecule has 1 saturated heterocycles. The van der Waals surface area contributed by atoms with Crippen molar-refractivity contribution in [3.63, 3.8) is 0 Å². The van der Waals surface area contributed by atoms with E-state index in [9.17, 15) is 14.3 Å². The number of carboxylic acid groups (broad SMARTS) is 1. The number of hydrogen-bond acceptors (Lipinski definition) is 3. The van der Waals surface area contributed by atoms with E-state index < -0.39 is 11.4 Å². The number of fused-ring (bicyclic) bond motifs is 1. The number of benzene rings is 1. The quantitative estimate of drug-likeness (QED) is 0.907. The number of aliphatic carboxylic acids is 1. The summed E-state index contributed by atoms with van der Waals surface area (Å²) in [7, 11) is 0. The van der Waals surface area contributed by atoms with E-state index in [1.54, 1.807) is 12.1 Å². The fourth-order valence-electron chi connectivity index (χ4n) is 4.47. The van der Waals surface area contributed by atoms with Crippen LogP contribution in [-0.2, 0) is 17.9 Å². The molecular formula is C19H22FN3O2. The van der Waals surface area contributed by atoms with Crippen LogP contribution in [0, 0.1) is 17.2 Å². The van der Waals surface area contributed by atoms with Gasteiger partial charge in [0.2, 0.25) is 0 Å². The van der Waals surface area contributed by atoms with Crippen molar-refractivity contribution in [3.8, 4) is 0 Å². The lowest BCUT2D eigenvalue weighted by Crippen LogP contribution is -2.35. The molecule has 0 amide bonds. The maximum Gasteiger partial charge on any atom is 0.311 e. The molecule has 1 N–H and O–H groups in total. The van der Waals surface area contributed by atoms with E-state index in [1.165, 1.54) is 12.1 Å². The van der Waals surface area contributed by atoms with Crippen molar-refractivity contribution in [2.75, 3.05) is 13.1 Å². The molecule has 5 nitrogen and oxygen atoms in total. The Balaban J connectivity index is 1.40. The average molecular weight is 343 g/mol. The van der Waals surface area contributed by atoms with Gasteiger partial charge in [-0.2, -0.15) is 5.10 Å². The molecule has 2 fully saturated rings. The highest BCUT2D eigenvalue weighted by Crippen LogP contribution is 2.49. The van der Waals surface area contributed by atoms with Crippen molar-refractivity contribution in [1.29, 1.82) is 0 Å². The van der Waals surface area contributed by atoms with E-state index in [0.717, 1.165) is 43.5 Å². The molecule has 0 spiro atoms. The van der Waals surface area contributed by atoms with Crippen LogP contribution < -0.4 is 0 Å². The zero-order chi connectivity index (χ0) is 17.4. The first-order valence-corrected chi connectivity index (χ1v) is 8.77. The number of halogens is 1. The predicted molar refractivity (Wildman–Crippen MR) is 90.4 cm³/mol. The molecular weight excluding hydrogens is 321 g/mol. The zero-order valence-electron chi connectivity index (χ0n) is 14.1. The minimum atomic E-state index is -0.635. The average Bonchev–Trinajstić information content (AvgIpc) is 3.25. The van der Waals surface area contributed by atoms with Crippen LogP contribution in [0.1, 0.15) is 30.4 Å². The van der Waals surface area contributed by atoms with Crippen LogP contribution in [-0.4, -0.2) is 38.8 Å². The summed E-state index contributed by atoms with van der Waals surface area (Å²) in [4.78, 5) is 14.0. The molecule has 0 bridgehead atoms. The molecule has 1 aromatic heterocycles. The van der Waals surface area contributed by atoms with Crippen molar-refractivity contribution in [2.45, 2.75) is 32.4 Å². The van der Waals surface area contributed by atoms with Gasteiger partial charge in [0.25, 0.3) is 0 Å². The maximum absolute atomic E-state index is 13.0. The molecule has 25 heavy (non-hydrogen) atoms. The summed E-state index contributed by atoms with van der Waals surface area (Å²) < 4.78 is 14.8. The molecule has 1 aromatic carbocycles. The van der Waals surface area contributed by atoms with E-state index in [4.69, 9.17) is 0 Å². The van der Waals surface area contributed by atoms with E-state index >= 15 is 0 Å². The second kappa shape index (κ2) is 6.26. The van der Waals surface area contributed by atoms with Crippen LogP contribution >= 0.6 is 0 Å². The minimum Gasteiger partial charge on any atom is -0.481 e. The van der Waals surface area contributed by atoms with Gasteiger partial charge in [0.05, 0.1) is 18.2 Å². The lowest BCUT2D eigenvalue weighted by molar-refractivity contribution is -0.149. The highest BCUT2D eigenvalue weighted by Gasteiger charge is 2.54. The van der Waals surface area contributed by atoms with Gasteiger partial charge in [0.1, 0.15) is 5.82 Å². The van der Waals surface area contributed by atoms with Crippen LogP contribution in [0.5, 0.6) is 0 Å². The molecule has 2 atom stereocenters. The molecule has 2 aromatic rings. The molecule has 2 heterocycles. The number of rotatable bonds is 5. The largest absolute Gasteiger partial charge is 0.481 e. The maximum atomic E-state index is 13.0. The van der Waals surface area contributed by atoms with E-state index in [1.807, 2.05) is 17.1 Å². The number of likely N-dealkylation sites (tertiary alicyclic amines) is 1. The first-order chi connectivity index (χ1) is 12.0. The van der Waals surface area contributed by atoms with Crippen LogP contribution in [0.4, 0.5) is 4.39 Å². The van der Waals surface area contributed by atoms with Gasteiger partial charge in [-0.3, -0.25) is 14.4 Å². The number of aromatic nitrogens is 2. The molecule has 4 rings (SSSR count). The topological polar surface area (TPSA) is 58.4 Å². The Morgan fingerprint density at radius 3 is 2.80 bits per heavy atom. The zero-order valence-corrected chi connectivity index (χ0v) is 14.1. The van der Waals surface area contributed by atoms with Crippen LogP contribution in [0.15, 0.2) is 36.7 Å². The third-order valence-corrected chi connectivity index (χ3v) is 5.72.